The van der Waals surface area contributed by atoms with Crippen LogP contribution in [0, 0.1) is 5.82 Å². The normalized spacial score (nSPS) is 11.8. The first-order chi connectivity index (χ1) is 13.5. The molecular weight excluding hydrogens is 359 g/mol. The van der Waals surface area contributed by atoms with Gasteiger partial charge in [-0.15, -0.1) is 0 Å². The van der Waals surface area contributed by atoms with Crippen molar-refractivity contribution >= 4 is 11.7 Å². The van der Waals surface area contributed by atoms with Crippen molar-refractivity contribution in [3.05, 3.63) is 77.5 Å². The quantitative estimate of drug-likeness (QED) is 0.621. The molecule has 8 heteroatoms. The van der Waals surface area contributed by atoms with Crippen LogP contribution >= 0.6 is 0 Å². The summed E-state index contributed by atoms with van der Waals surface area (Å²) in [5.74, 6) is 0.488. The first-order valence-corrected chi connectivity index (χ1v) is 8.89. The molecule has 0 fully saturated rings. The van der Waals surface area contributed by atoms with Crippen LogP contribution in [0.25, 0.3) is 0 Å². The van der Waals surface area contributed by atoms with E-state index in [4.69, 9.17) is 5.73 Å². The third-order valence-electron chi connectivity index (χ3n) is 4.18. The molecule has 0 spiro atoms. The lowest BCUT2D eigenvalue weighted by Crippen LogP contribution is -2.22. The Balaban J connectivity index is 1.83. The zero-order valence-electron chi connectivity index (χ0n) is 15.5. The van der Waals surface area contributed by atoms with Gasteiger partial charge in [-0.1, -0.05) is 19.1 Å². The second-order valence-corrected chi connectivity index (χ2v) is 6.51. The van der Waals surface area contributed by atoms with Crippen molar-refractivity contribution in [1.29, 1.82) is 0 Å². The van der Waals surface area contributed by atoms with E-state index in [1.807, 2.05) is 6.92 Å². The predicted molar refractivity (Wildman–Crippen MR) is 103 cm³/mol. The lowest BCUT2D eigenvalue weighted by Gasteiger charge is -2.13. The van der Waals surface area contributed by atoms with Crippen molar-refractivity contribution in [2.75, 3.05) is 11.9 Å². The Morgan fingerprint density at radius 1 is 1.18 bits per heavy atom. The number of halogens is 1. The van der Waals surface area contributed by atoms with Gasteiger partial charge in [-0.3, -0.25) is 14.8 Å². The van der Waals surface area contributed by atoms with Crippen LogP contribution in [0.3, 0.4) is 0 Å². The summed E-state index contributed by atoms with van der Waals surface area (Å²) in [7, 11) is 0. The maximum Gasteiger partial charge on any atom is 0.236 e. The van der Waals surface area contributed by atoms with Crippen molar-refractivity contribution in [3.8, 4) is 0 Å². The van der Waals surface area contributed by atoms with Crippen LogP contribution in [0.4, 0.5) is 10.2 Å². The fourth-order valence-corrected chi connectivity index (χ4v) is 2.79. The van der Waals surface area contributed by atoms with Crippen molar-refractivity contribution in [2.24, 2.45) is 5.73 Å². The number of benzene rings is 1. The molecule has 7 nitrogen and oxygen atoms in total. The highest BCUT2D eigenvalue weighted by atomic mass is 19.1. The molecule has 0 bridgehead atoms. The summed E-state index contributed by atoms with van der Waals surface area (Å²) in [5.41, 5.74) is 7.74. The van der Waals surface area contributed by atoms with Crippen LogP contribution in [-0.4, -0.2) is 32.4 Å². The monoisotopic (exact) mass is 380 g/mol. The summed E-state index contributed by atoms with van der Waals surface area (Å²) >= 11 is 0. The van der Waals surface area contributed by atoms with Crippen LogP contribution in [0.5, 0.6) is 0 Å². The summed E-state index contributed by atoms with van der Waals surface area (Å²) in [6.07, 6.45) is 5.96. The number of nitrogens with two attached hydrogens (primary N) is 1. The van der Waals surface area contributed by atoms with Crippen LogP contribution in [0.1, 0.15) is 35.6 Å². The lowest BCUT2D eigenvalue weighted by atomic mass is 9.97. The third-order valence-corrected chi connectivity index (χ3v) is 4.18. The predicted octanol–water partition coefficient (Wildman–Crippen LogP) is 2.24. The minimum Gasteiger partial charge on any atom is -0.368 e. The van der Waals surface area contributed by atoms with Gasteiger partial charge in [0.25, 0.3) is 0 Å². The molecule has 2 aromatic heterocycles. The van der Waals surface area contributed by atoms with Gasteiger partial charge in [0.15, 0.2) is 0 Å². The summed E-state index contributed by atoms with van der Waals surface area (Å²) in [4.78, 5) is 28.5. The smallest absolute Gasteiger partial charge is 0.236 e. The van der Waals surface area contributed by atoms with Crippen molar-refractivity contribution in [3.63, 3.8) is 0 Å². The lowest BCUT2D eigenvalue weighted by molar-refractivity contribution is -0.116. The van der Waals surface area contributed by atoms with E-state index >= 15 is 0 Å². The molecule has 0 aliphatic rings. The summed E-state index contributed by atoms with van der Waals surface area (Å²) in [6, 6.07) is 8.17. The third kappa shape index (κ3) is 5.54. The van der Waals surface area contributed by atoms with E-state index in [1.54, 1.807) is 36.8 Å². The first kappa shape index (κ1) is 19.3. The Hall–Kier alpha value is -3.42. The molecule has 3 N–H and O–H groups in total. The highest BCUT2D eigenvalue weighted by Crippen LogP contribution is 2.21. The van der Waals surface area contributed by atoms with Crippen LogP contribution in [0.15, 0.2) is 48.9 Å². The molecule has 1 amide bonds. The van der Waals surface area contributed by atoms with Crippen LogP contribution in [0.2, 0.25) is 0 Å². The topological polar surface area (TPSA) is 107 Å². The Labute approximate surface area is 162 Å². The summed E-state index contributed by atoms with van der Waals surface area (Å²) in [5, 5.41) is 2.92. The average Bonchev–Trinajstić information content (AvgIpc) is 2.67. The van der Waals surface area contributed by atoms with Gasteiger partial charge in [0.05, 0.1) is 17.9 Å². The number of rotatable bonds is 8. The molecule has 0 saturated carbocycles. The second kappa shape index (κ2) is 8.98. The van der Waals surface area contributed by atoms with Crippen molar-refractivity contribution < 1.29 is 9.18 Å². The zero-order chi connectivity index (χ0) is 19.9. The maximum atomic E-state index is 13.2. The molecular formula is C20H21FN6O. The standard InChI is InChI=1S/C20H21FN6O/c1-13(14-2-4-15(21)5-3-14)8-20-26-16(9-17-11-23-6-7-24-17)10-19(27-20)25-12-18(22)28/h2-7,10-11,13H,8-9,12H2,1H3,(H2,22,28)(H,25,26,27)/t13-/m1/s1. The Morgan fingerprint density at radius 2 is 1.96 bits per heavy atom. The molecule has 0 aliphatic heterocycles. The highest BCUT2D eigenvalue weighted by molar-refractivity contribution is 5.78. The molecule has 2 heterocycles. The molecule has 0 aliphatic carbocycles. The zero-order valence-corrected chi connectivity index (χ0v) is 15.5. The fourth-order valence-electron chi connectivity index (χ4n) is 2.79. The van der Waals surface area contributed by atoms with Gasteiger partial charge in [0, 0.05) is 37.5 Å². The minimum atomic E-state index is -0.477. The Morgan fingerprint density at radius 3 is 2.64 bits per heavy atom. The molecule has 28 heavy (non-hydrogen) atoms. The Bertz CT molecular complexity index is 933. The molecule has 0 radical (unpaired) electrons. The van der Waals surface area contributed by atoms with E-state index in [9.17, 15) is 9.18 Å². The molecule has 1 aromatic carbocycles. The number of aromatic nitrogens is 4. The number of amides is 1. The number of hydrogen-bond donors (Lipinski definition) is 2. The van der Waals surface area contributed by atoms with E-state index in [0.717, 1.165) is 17.0 Å². The van der Waals surface area contributed by atoms with E-state index in [0.29, 0.717) is 24.5 Å². The average molecular weight is 380 g/mol. The molecule has 0 saturated heterocycles. The molecule has 0 unspecified atom stereocenters. The number of carbonyl (C=O) groups excluding carboxylic acids is 1. The molecule has 1 atom stereocenters. The molecule has 144 valence electrons. The first-order valence-electron chi connectivity index (χ1n) is 8.89. The number of nitrogens with one attached hydrogen (secondary N) is 1. The SMILES string of the molecule is C[C@H](Cc1nc(Cc2cnccn2)cc(NCC(N)=O)n1)c1ccc(F)cc1. The summed E-state index contributed by atoms with van der Waals surface area (Å²) in [6.45, 7) is 2.01. The van der Waals surface area contributed by atoms with Gasteiger partial charge in [-0.25, -0.2) is 14.4 Å². The van der Waals surface area contributed by atoms with Gasteiger partial charge >= 0.3 is 0 Å². The van der Waals surface area contributed by atoms with Crippen LogP contribution < -0.4 is 11.1 Å². The van der Waals surface area contributed by atoms with E-state index in [2.05, 4.69) is 25.3 Å². The fraction of sp³-hybridized carbons (Fsp3) is 0.250. The van der Waals surface area contributed by atoms with Crippen LogP contribution in [-0.2, 0) is 17.6 Å². The van der Waals surface area contributed by atoms with E-state index in [-0.39, 0.29) is 18.3 Å². The van der Waals surface area contributed by atoms with Gasteiger partial charge < -0.3 is 11.1 Å². The van der Waals surface area contributed by atoms with Gasteiger partial charge in [0.2, 0.25) is 5.91 Å². The number of nitrogens with zero attached hydrogens (tertiary/aromatic N) is 4. The molecule has 3 rings (SSSR count). The maximum absolute atomic E-state index is 13.2. The van der Waals surface area contributed by atoms with Crippen molar-refractivity contribution in [2.45, 2.75) is 25.7 Å². The van der Waals surface area contributed by atoms with Gasteiger partial charge in [-0.05, 0) is 23.6 Å². The van der Waals surface area contributed by atoms with Gasteiger partial charge in [-0.2, -0.15) is 0 Å². The Kier molecular flexibility index (Phi) is 6.21. The van der Waals surface area contributed by atoms with E-state index < -0.39 is 5.91 Å². The number of primary amides is 1. The second-order valence-electron chi connectivity index (χ2n) is 6.51. The number of anilines is 1. The van der Waals surface area contributed by atoms with Crippen molar-refractivity contribution in [1.82, 2.24) is 19.9 Å². The highest BCUT2D eigenvalue weighted by Gasteiger charge is 2.12. The van der Waals surface area contributed by atoms with E-state index in [1.165, 1.54) is 12.1 Å². The number of hydrogen-bond acceptors (Lipinski definition) is 6. The minimum absolute atomic E-state index is 0.0193. The molecule has 3 aromatic rings. The summed E-state index contributed by atoms with van der Waals surface area (Å²) < 4.78 is 13.2. The largest absolute Gasteiger partial charge is 0.368 e. The number of carbonyl (C=O) groups is 1. The van der Waals surface area contributed by atoms with Gasteiger partial charge in [0.1, 0.15) is 17.5 Å².